The predicted octanol–water partition coefficient (Wildman–Crippen LogP) is -0.00001000. The third-order valence-corrected chi connectivity index (χ3v) is 2.55. The molecule has 0 unspecified atom stereocenters. The molecule has 77 valence electrons. The van der Waals surface area contributed by atoms with E-state index in [1.165, 1.54) is 6.04 Å². The second-order valence-corrected chi connectivity index (χ2v) is 3.40. The van der Waals surface area contributed by atoms with Gasteiger partial charge in [-0.15, -0.1) is 5.10 Å². The first-order valence-corrected chi connectivity index (χ1v) is 5.10. The van der Waals surface area contributed by atoms with Gasteiger partial charge in [-0.3, -0.25) is 10.00 Å². The minimum atomic E-state index is 0.981. The Balaban J connectivity index is 2.04. The van der Waals surface area contributed by atoms with E-state index in [-0.39, 0.29) is 0 Å². The number of hydrogen-bond acceptors (Lipinski definition) is 4. The molecular formula is C9H16N5. The lowest BCUT2D eigenvalue weighted by Gasteiger charge is -2.32. The van der Waals surface area contributed by atoms with E-state index in [4.69, 9.17) is 0 Å². The van der Waals surface area contributed by atoms with Crippen LogP contribution in [-0.4, -0.2) is 46.5 Å². The first kappa shape index (κ1) is 9.61. The maximum Gasteiger partial charge on any atom is 0.105 e. The second kappa shape index (κ2) is 4.52. The van der Waals surface area contributed by atoms with E-state index >= 15 is 0 Å². The van der Waals surface area contributed by atoms with Crippen LogP contribution in [0.2, 0.25) is 0 Å². The zero-order valence-corrected chi connectivity index (χ0v) is 8.45. The SMILES string of the molecule is CC[C](c1c[nH]nn1)N1CCNCC1. The van der Waals surface area contributed by atoms with Crippen LogP contribution in [0.1, 0.15) is 19.0 Å². The summed E-state index contributed by atoms with van der Waals surface area (Å²) in [5.74, 6) is 0. The molecule has 0 bridgehead atoms. The van der Waals surface area contributed by atoms with E-state index in [2.05, 4.69) is 32.6 Å². The number of nitrogens with one attached hydrogen (secondary N) is 2. The van der Waals surface area contributed by atoms with Gasteiger partial charge in [0.2, 0.25) is 0 Å². The lowest BCUT2D eigenvalue weighted by molar-refractivity contribution is 0.253. The molecule has 2 heterocycles. The van der Waals surface area contributed by atoms with Gasteiger partial charge in [0.25, 0.3) is 0 Å². The van der Waals surface area contributed by atoms with Crippen LogP contribution >= 0.6 is 0 Å². The highest BCUT2D eigenvalue weighted by Gasteiger charge is 2.23. The van der Waals surface area contributed by atoms with E-state index in [0.717, 1.165) is 38.3 Å². The monoisotopic (exact) mass is 194 g/mol. The van der Waals surface area contributed by atoms with Gasteiger partial charge in [-0.05, 0) is 6.42 Å². The fourth-order valence-electron chi connectivity index (χ4n) is 1.84. The largest absolute Gasteiger partial charge is 0.314 e. The van der Waals surface area contributed by atoms with Crippen LogP contribution in [0.15, 0.2) is 6.20 Å². The summed E-state index contributed by atoms with van der Waals surface area (Å²) in [6, 6.07) is 1.29. The average molecular weight is 194 g/mol. The summed E-state index contributed by atoms with van der Waals surface area (Å²) >= 11 is 0. The number of piperazine rings is 1. The lowest BCUT2D eigenvalue weighted by atomic mass is 10.1. The van der Waals surface area contributed by atoms with E-state index < -0.39 is 0 Å². The van der Waals surface area contributed by atoms with Gasteiger partial charge in [0.05, 0.1) is 6.04 Å². The topological polar surface area (TPSA) is 56.8 Å². The number of rotatable bonds is 3. The van der Waals surface area contributed by atoms with E-state index in [1.54, 1.807) is 0 Å². The minimum absolute atomic E-state index is 0.981. The fourth-order valence-corrected chi connectivity index (χ4v) is 1.84. The Hall–Kier alpha value is -0.940. The van der Waals surface area contributed by atoms with Crippen molar-refractivity contribution in [2.24, 2.45) is 0 Å². The number of H-pyrrole nitrogens is 1. The highest BCUT2D eigenvalue weighted by atomic mass is 15.3. The van der Waals surface area contributed by atoms with E-state index in [9.17, 15) is 0 Å². The van der Waals surface area contributed by atoms with Gasteiger partial charge in [-0.25, -0.2) is 0 Å². The molecule has 0 saturated carbocycles. The molecule has 1 aliphatic rings. The zero-order chi connectivity index (χ0) is 9.80. The molecule has 1 aromatic rings. The minimum Gasteiger partial charge on any atom is -0.314 e. The Morgan fingerprint density at radius 2 is 2.29 bits per heavy atom. The van der Waals surface area contributed by atoms with Crippen molar-refractivity contribution < 1.29 is 0 Å². The summed E-state index contributed by atoms with van der Waals surface area (Å²) < 4.78 is 0. The standard InChI is InChI=1S/C9H16N5/c1-2-9(8-7-11-13-12-8)14-5-3-10-4-6-14/h7,10H,2-6H2,1H3,(H,11,12,13). The van der Waals surface area contributed by atoms with Gasteiger partial charge in [0, 0.05) is 32.4 Å². The Bertz CT molecular complexity index is 252. The van der Waals surface area contributed by atoms with Crippen molar-refractivity contribution in [3.8, 4) is 0 Å². The van der Waals surface area contributed by atoms with Crippen molar-refractivity contribution in [1.29, 1.82) is 0 Å². The summed E-state index contributed by atoms with van der Waals surface area (Å²) in [6.07, 6.45) is 2.87. The van der Waals surface area contributed by atoms with Gasteiger partial charge >= 0.3 is 0 Å². The third-order valence-electron chi connectivity index (χ3n) is 2.55. The molecule has 1 aliphatic heterocycles. The summed E-state index contributed by atoms with van der Waals surface area (Å²) in [5.41, 5.74) is 0.981. The Morgan fingerprint density at radius 1 is 1.50 bits per heavy atom. The van der Waals surface area contributed by atoms with Crippen molar-refractivity contribution in [3.63, 3.8) is 0 Å². The van der Waals surface area contributed by atoms with Gasteiger partial charge < -0.3 is 5.32 Å². The molecule has 0 aromatic carbocycles. The van der Waals surface area contributed by atoms with Crippen molar-refractivity contribution in [1.82, 2.24) is 25.6 Å². The molecule has 1 radical (unpaired) electrons. The molecule has 5 heteroatoms. The summed E-state index contributed by atoms with van der Waals surface area (Å²) in [6.45, 7) is 6.40. The first-order valence-electron chi connectivity index (χ1n) is 5.10. The highest BCUT2D eigenvalue weighted by Crippen LogP contribution is 2.20. The summed E-state index contributed by atoms with van der Waals surface area (Å²) in [4.78, 5) is 2.38. The highest BCUT2D eigenvalue weighted by molar-refractivity contribution is 5.17. The Labute approximate surface area is 83.9 Å². The van der Waals surface area contributed by atoms with Crippen LogP contribution in [-0.2, 0) is 0 Å². The smallest absolute Gasteiger partial charge is 0.105 e. The third kappa shape index (κ3) is 1.93. The second-order valence-electron chi connectivity index (χ2n) is 3.40. The number of aromatic nitrogens is 3. The van der Waals surface area contributed by atoms with Crippen LogP contribution in [0, 0.1) is 6.04 Å². The van der Waals surface area contributed by atoms with Crippen molar-refractivity contribution in [2.75, 3.05) is 26.2 Å². The molecule has 0 spiro atoms. The quantitative estimate of drug-likeness (QED) is 0.711. The first-order chi connectivity index (χ1) is 6.92. The van der Waals surface area contributed by atoms with Gasteiger partial charge in [0.1, 0.15) is 5.69 Å². The Morgan fingerprint density at radius 3 is 2.86 bits per heavy atom. The molecule has 14 heavy (non-hydrogen) atoms. The van der Waals surface area contributed by atoms with Crippen LogP contribution in [0.4, 0.5) is 0 Å². The van der Waals surface area contributed by atoms with E-state index in [0.29, 0.717) is 0 Å². The van der Waals surface area contributed by atoms with Gasteiger partial charge in [-0.2, -0.15) is 0 Å². The fraction of sp³-hybridized carbons (Fsp3) is 0.667. The van der Waals surface area contributed by atoms with Crippen molar-refractivity contribution in [3.05, 3.63) is 17.9 Å². The molecule has 0 atom stereocenters. The zero-order valence-electron chi connectivity index (χ0n) is 8.45. The lowest BCUT2D eigenvalue weighted by Crippen LogP contribution is -2.45. The van der Waals surface area contributed by atoms with Crippen LogP contribution in [0.5, 0.6) is 0 Å². The molecule has 0 amide bonds. The average Bonchev–Trinajstić information content (AvgIpc) is 2.74. The summed E-state index contributed by atoms with van der Waals surface area (Å²) in [7, 11) is 0. The molecule has 1 saturated heterocycles. The molecule has 1 aromatic heterocycles. The van der Waals surface area contributed by atoms with Crippen molar-refractivity contribution >= 4 is 0 Å². The molecule has 2 N–H and O–H groups in total. The van der Waals surface area contributed by atoms with E-state index in [1.807, 2.05) is 6.20 Å². The predicted molar refractivity (Wildman–Crippen MR) is 53.5 cm³/mol. The van der Waals surface area contributed by atoms with Gasteiger partial charge in [0.15, 0.2) is 0 Å². The molecular weight excluding hydrogens is 178 g/mol. The molecule has 0 aliphatic carbocycles. The number of aromatic amines is 1. The maximum absolute atomic E-state index is 4.06. The Kier molecular flexibility index (Phi) is 3.10. The van der Waals surface area contributed by atoms with Crippen LogP contribution in [0.3, 0.4) is 0 Å². The number of nitrogens with zero attached hydrogens (tertiary/aromatic N) is 3. The van der Waals surface area contributed by atoms with Crippen LogP contribution < -0.4 is 5.32 Å². The van der Waals surface area contributed by atoms with Gasteiger partial charge in [-0.1, -0.05) is 12.1 Å². The molecule has 5 nitrogen and oxygen atoms in total. The maximum atomic E-state index is 4.06. The molecule has 2 rings (SSSR count). The van der Waals surface area contributed by atoms with Crippen LogP contribution in [0.25, 0.3) is 0 Å². The molecule has 1 fully saturated rings. The summed E-state index contributed by atoms with van der Waals surface area (Å²) in [5, 5.41) is 13.9. The normalized spacial score (nSPS) is 19.0. The van der Waals surface area contributed by atoms with Crippen molar-refractivity contribution in [2.45, 2.75) is 13.3 Å². The number of hydrogen-bond donors (Lipinski definition) is 2.